The number of carboxylic acid groups (broad SMARTS) is 1. The van der Waals surface area contributed by atoms with Crippen molar-refractivity contribution in [1.82, 2.24) is 0 Å². The summed E-state index contributed by atoms with van der Waals surface area (Å²) >= 11 is 0. The van der Waals surface area contributed by atoms with E-state index in [1.165, 1.54) is 44.1 Å². The number of allylic oxidation sites excluding steroid dienone is 2. The molecule has 0 unspecified atom stereocenters. The van der Waals surface area contributed by atoms with E-state index in [1.54, 1.807) is 0 Å². The second kappa shape index (κ2) is 12.2. The van der Waals surface area contributed by atoms with Crippen molar-refractivity contribution in [2.75, 3.05) is 0 Å². The van der Waals surface area contributed by atoms with Crippen LogP contribution >= 0.6 is 0 Å². The van der Waals surface area contributed by atoms with Gasteiger partial charge in [0, 0.05) is 6.42 Å². The molecule has 0 saturated heterocycles. The molecule has 1 rings (SSSR count). The number of hydrogen-bond donors (Lipinski definition) is 1. The molecule has 2 nitrogen and oxygen atoms in total. The van der Waals surface area contributed by atoms with Gasteiger partial charge in [-0.3, -0.25) is 4.79 Å². The second-order valence-electron chi connectivity index (χ2n) is 5.57. The highest BCUT2D eigenvalue weighted by molar-refractivity contribution is 5.66. The maximum atomic E-state index is 10.3. The van der Waals surface area contributed by atoms with Gasteiger partial charge in [-0.25, -0.2) is 0 Å². The van der Waals surface area contributed by atoms with Crippen molar-refractivity contribution in [3.8, 4) is 0 Å². The van der Waals surface area contributed by atoms with Crippen molar-refractivity contribution in [3.05, 3.63) is 48.0 Å². The van der Waals surface area contributed by atoms with E-state index in [4.69, 9.17) is 5.11 Å². The molecule has 116 valence electrons. The molecule has 0 heterocycles. The zero-order valence-corrected chi connectivity index (χ0v) is 13.0. The molecule has 21 heavy (non-hydrogen) atoms. The molecule has 0 bridgehead atoms. The molecule has 0 aromatic heterocycles. The van der Waals surface area contributed by atoms with Gasteiger partial charge in [-0.15, -0.1) is 0 Å². The summed E-state index contributed by atoms with van der Waals surface area (Å²) in [4.78, 5) is 10.3. The summed E-state index contributed by atoms with van der Waals surface area (Å²) in [5, 5.41) is 8.52. The number of benzene rings is 1. The Balaban J connectivity index is 1.85. The lowest BCUT2D eigenvalue weighted by atomic mass is 10.1. The van der Waals surface area contributed by atoms with Crippen LogP contribution in [-0.4, -0.2) is 11.1 Å². The first-order valence-electron chi connectivity index (χ1n) is 8.20. The smallest absolute Gasteiger partial charge is 0.303 e. The first kappa shape index (κ1) is 17.5. The Labute approximate surface area is 128 Å². The lowest BCUT2D eigenvalue weighted by Gasteiger charge is -2.00. The Morgan fingerprint density at radius 1 is 0.857 bits per heavy atom. The molecule has 0 atom stereocenters. The van der Waals surface area contributed by atoms with Crippen LogP contribution in [0.15, 0.2) is 42.5 Å². The minimum Gasteiger partial charge on any atom is -0.481 e. The number of hydrogen-bond acceptors (Lipinski definition) is 1. The molecule has 0 fully saturated rings. The van der Waals surface area contributed by atoms with Crippen molar-refractivity contribution in [3.63, 3.8) is 0 Å². The van der Waals surface area contributed by atoms with E-state index < -0.39 is 5.97 Å². The third kappa shape index (κ3) is 10.8. The Morgan fingerprint density at radius 3 is 2.14 bits per heavy atom. The highest BCUT2D eigenvalue weighted by Gasteiger charge is 1.96. The molecule has 2 heteroatoms. The maximum absolute atomic E-state index is 10.3. The quantitative estimate of drug-likeness (QED) is 0.414. The van der Waals surface area contributed by atoms with E-state index in [2.05, 4.69) is 42.5 Å². The molecule has 0 aliphatic rings. The van der Waals surface area contributed by atoms with Gasteiger partial charge in [0.25, 0.3) is 0 Å². The molecule has 0 amide bonds. The number of rotatable bonds is 12. The van der Waals surface area contributed by atoms with Crippen molar-refractivity contribution >= 4 is 5.97 Å². The van der Waals surface area contributed by atoms with Crippen LogP contribution in [0.5, 0.6) is 0 Å². The summed E-state index contributed by atoms with van der Waals surface area (Å²) in [6, 6.07) is 10.5. The van der Waals surface area contributed by atoms with Crippen molar-refractivity contribution in [2.45, 2.75) is 64.2 Å². The molecule has 0 aliphatic carbocycles. The molecule has 1 aromatic carbocycles. The average molecular weight is 288 g/mol. The minimum atomic E-state index is -0.669. The van der Waals surface area contributed by atoms with Gasteiger partial charge in [0.1, 0.15) is 0 Å². The number of carbonyl (C=O) groups is 1. The van der Waals surface area contributed by atoms with Crippen LogP contribution in [0.2, 0.25) is 0 Å². The molecule has 0 saturated carbocycles. The Bertz CT molecular complexity index is 395. The lowest BCUT2D eigenvalue weighted by molar-refractivity contribution is -0.137. The van der Waals surface area contributed by atoms with Gasteiger partial charge >= 0.3 is 5.97 Å². The standard InChI is InChI=1S/C19H28O2/c20-19(21)17-13-8-6-4-2-1-3-5-7-10-14-18-15-11-9-12-16-18/h7,9-12,15-16H,1-6,8,13-14,17H2,(H,20,21)/b10-7+. The molecule has 0 aliphatic heterocycles. The molecule has 0 spiro atoms. The summed E-state index contributed by atoms with van der Waals surface area (Å²) in [7, 11) is 0. The Hall–Kier alpha value is -1.57. The molecule has 0 radical (unpaired) electrons. The minimum absolute atomic E-state index is 0.326. The van der Waals surface area contributed by atoms with E-state index in [0.29, 0.717) is 6.42 Å². The highest BCUT2D eigenvalue weighted by Crippen LogP contribution is 2.10. The molecule has 1 N–H and O–H groups in total. The van der Waals surface area contributed by atoms with E-state index >= 15 is 0 Å². The van der Waals surface area contributed by atoms with E-state index in [1.807, 2.05) is 0 Å². The van der Waals surface area contributed by atoms with E-state index in [0.717, 1.165) is 19.3 Å². The van der Waals surface area contributed by atoms with Gasteiger partial charge in [-0.05, 0) is 31.2 Å². The first-order chi connectivity index (χ1) is 10.3. The number of carboxylic acids is 1. The zero-order valence-electron chi connectivity index (χ0n) is 13.0. The second-order valence-corrected chi connectivity index (χ2v) is 5.57. The van der Waals surface area contributed by atoms with Crippen LogP contribution in [0, 0.1) is 0 Å². The fourth-order valence-corrected chi connectivity index (χ4v) is 2.37. The lowest BCUT2D eigenvalue weighted by Crippen LogP contribution is -1.93. The highest BCUT2D eigenvalue weighted by atomic mass is 16.4. The Morgan fingerprint density at radius 2 is 1.48 bits per heavy atom. The largest absolute Gasteiger partial charge is 0.481 e. The number of aliphatic carboxylic acids is 1. The summed E-state index contributed by atoms with van der Waals surface area (Å²) in [6.45, 7) is 0. The summed E-state index contributed by atoms with van der Waals surface area (Å²) in [6.07, 6.45) is 15.2. The van der Waals surface area contributed by atoms with Crippen LogP contribution in [0.1, 0.15) is 63.4 Å². The normalized spacial score (nSPS) is 11.0. The van der Waals surface area contributed by atoms with Gasteiger partial charge in [0.2, 0.25) is 0 Å². The summed E-state index contributed by atoms with van der Waals surface area (Å²) in [5.74, 6) is -0.669. The van der Waals surface area contributed by atoms with Gasteiger partial charge in [-0.2, -0.15) is 0 Å². The van der Waals surface area contributed by atoms with Crippen molar-refractivity contribution in [2.24, 2.45) is 0 Å². The predicted octanol–water partition coefficient (Wildman–Crippen LogP) is 5.38. The van der Waals surface area contributed by atoms with Gasteiger partial charge in [0.05, 0.1) is 0 Å². The van der Waals surface area contributed by atoms with E-state index in [-0.39, 0.29) is 0 Å². The van der Waals surface area contributed by atoms with Gasteiger partial charge in [-0.1, -0.05) is 74.6 Å². The van der Waals surface area contributed by atoms with Gasteiger partial charge < -0.3 is 5.11 Å². The topological polar surface area (TPSA) is 37.3 Å². The fourth-order valence-electron chi connectivity index (χ4n) is 2.37. The van der Waals surface area contributed by atoms with Crippen LogP contribution in [0.4, 0.5) is 0 Å². The third-order valence-electron chi connectivity index (χ3n) is 3.62. The third-order valence-corrected chi connectivity index (χ3v) is 3.62. The SMILES string of the molecule is O=C(O)CCCCCCCCC/C=C/Cc1ccccc1. The maximum Gasteiger partial charge on any atom is 0.303 e. The predicted molar refractivity (Wildman–Crippen MR) is 88.5 cm³/mol. The monoisotopic (exact) mass is 288 g/mol. The van der Waals surface area contributed by atoms with Crippen LogP contribution in [-0.2, 0) is 11.2 Å². The molecule has 1 aromatic rings. The van der Waals surface area contributed by atoms with Crippen molar-refractivity contribution in [1.29, 1.82) is 0 Å². The Kier molecular flexibility index (Phi) is 10.1. The number of unbranched alkanes of at least 4 members (excludes halogenated alkanes) is 7. The fraction of sp³-hybridized carbons (Fsp3) is 0.526. The van der Waals surface area contributed by atoms with Crippen molar-refractivity contribution < 1.29 is 9.90 Å². The zero-order chi connectivity index (χ0) is 15.2. The summed E-state index contributed by atoms with van der Waals surface area (Å²) in [5.41, 5.74) is 1.37. The van der Waals surface area contributed by atoms with Crippen LogP contribution < -0.4 is 0 Å². The van der Waals surface area contributed by atoms with Gasteiger partial charge in [0.15, 0.2) is 0 Å². The first-order valence-corrected chi connectivity index (χ1v) is 8.20. The van der Waals surface area contributed by atoms with Crippen LogP contribution in [0.3, 0.4) is 0 Å². The molecular formula is C19H28O2. The average Bonchev–Trinajstić information content (AvgIpc) is 2.49. The summed E-state index contributed by atoms with van der Waals surface area (Å²) < 4.78 is 0. The molecular weight excluding hydrogens is 260 g/mol. The van der Waals surface area contributed by atoms with E-state index in [9.17, 15) is 4.79 Å². The van der Waals surface area contributed by atoms with Crippen LogP contribution in [0.25, 0.3) is 0 Å².